The van der Waals surface area contributed by atoms with Crippen LogP contribution in [0.15, 0.2) is 46.5 Å². The third-order valence-electron chi connectivity index (χ3n) is 6.71. The Morgan fingerprint density at radius 2 is 2.03 bits per heavy atom. The molecule has 36 heavy (non-hydrogen) atoms. The number of sulfonamides is 1. The standard InChI is InChI=1S/C25H28N4O6S/c1-25(2)14-27-23-22(30)20-10-19(6-7-21(20)28(23)15-25)36(32,33)29-8-4-5-17(29)13-35-18-9-16(11-26-12-18)24(31)34-3/h6-7,9-12,17H,4-5,8,13-15H2,1-3H3/t17-/m0/s1. The van der Waals surface area contributed by atoms with E-state index in [9.17, 15) is 18.0 Å². The normalized spacial score (nSPS) is 21.1. The Labute approximate surface area is 210 Å². The Bertz CT molecular complexity index is 1370. The average molecular weight is 513 g/mol. The van der Waals surface area contributed by atoms with E-state index in [1.54, 1.807) is 12.1 Å². The minimum atomic E-state index is -3.87. The first-order chi connectivity index (χ1) is 17.1. The van der Waals surface area contributed by atoms with Crippen molar-refractivity contribution in [1.29, 1.82) is 0 Å². The summed E-state index contributed by atoms with van der Waals surface area (Å²) in [7, 11) is -2.58. The van der Waals surface area contributed by atoms with E-state index in [-0.39, 0.29) is 28.3 Å². The maximum Gasteiger partial charge on any atom is 0.339 e. The number of rotatable bonds is 6. The van der Waals surface area contributed by atoms with Crippen molar-refractivity contribution in [1.82, 2.24) is 9.29 Å². The average Bonchev–Trinajstić information content (AvgIpc) is 3.45. The molecule has 0 amide bonds. The largest absolute Gasteiger partial charge is 0.490 e. The lowest BCUT2D eigenvalue weighted by atomic mass is 9.91. The van der Waals surface area contributed by atoms with Gasteiger partial charge in [0.25, 0.3) is 0 Å². The van der Waals surface area contributed by atoms with Crippen molar-refractivity contribution < 1.29 is 27.5 Å². The molecule has 0 spiro atoms. The molecule has 1 saturated heterocycles. The summed E-state index contributed by atoms with van der Waals surface area (Å²) in [5.41, 5.74) is 1.23. The molecular formula is C25H28N4O6S. The van der Waals surface area contributed by atoms with Gasteiger partial charge in [-0.25, -0.2) is 13.2 Å². The second-order valence-corrected chi connectivity index (χ2v) is 11.9. The monoisotopic (exact) mass is 512 g/mol. The number of nitrogens with zero attached hydrogens (tertiary/aromatic N) is 4. The minimum Gasteiger partial charge on any atom is -0.490 e. The van der Waals surface area contributed by atoms with Gasteiger partial charge in [0, 0.05) is 31.2 Å². The van der Waals surface area contributed by atoms with Crippen molar-refractivity contribution >= 4 is 33.3 Å². The van der Waals surface area contributed by atoms with Gasteiger partial charge in [0.2, 0.25) is 15.8 Å². The topological polar surface area (TPSA) is 118 Å². The summed E-state index contributed by atoms with van der Waals surface area (Å²) in [4.78, 5) is 35.2. The highest BCUT2D eigenvalue weighted by Gasteiger charge is 2.42. The molecule has 3 aliphatic heterocycles. The zero-order valence-electron chi connectivity index (χ0n) is 20.4. The van der Waals surface area contributed by atoms with Crippen molar-refractivity contribution in [2.24, 2.45) is 10.4 Å². The maximum atomic E-state index is 13.6. The number of aromatic nitrogens is 1. The lowest BCUT2D eigenvalue weighted by molar-refractivity contribution is 0.0599. The summed E-state index contributed by atoms with van der Waals surface area (Å²) in [6.07, 6.45) is 4.16. The van der Waals surface area contributed by atoms with E-state index in [1.807, 2.05) is 4.90 Å². The molecule has 0 unspecified atom stereocenters. The van der Waals surface area contributed by atoms with Gasteiger partial charge in [0.1, 0.15) is 12.4 Å². The molecule has 5 rings (SSSR count). The number of pyridine rings is 1. The Hall–Kier alpha value is -3.31. The zero-order chi connectivity index (χ0) is 25.7. The number of carbonyl (C=O) groups is 2. The number of esters is 1. The van der Waals surface area contributed by atoms with Crippen LogP contribution in [0.3, 0.4) is 0 Å². The van der Waals surface area contributed by atoms with Crippen LogP contribution in [0.5, 0.6) is 5.75 Å². The molecule has 0 radical (unpaired) electrons. The van der Waals surface area contributed by atoms with E-state index in [0.29, 0.717) is 55.3 Å². The number of hydrogen-bond donors (Lipinski definition) is 0. The molecule has 4 heterocycles. The molecule has 190 valence electrons. The lowest BCUT2D eigenvalue weighted by Crippen LogP contribution is -2.44. The van der Waals surface area contributed by atoms with Crippen molar-refractivity contribution in [3.05, 3.63) is 47.8 Å². The van der Waals surface area contributed by atoms with E-state index in [2.05, 4.69) is 23.8 Å². The van der Waals surface area contributed by atoms with Crippen LogP contribution in [0.2, 0.25) is 0 Å². The van der Waals surface area contributed by atoms with Crippen LogP contribution < -0.4 is 9.64 Å². The first kappa shape index (κ1) is 24.4. The summed E-state index contributed by atoms with van der Waals surface area (Å²) in [6.45, 7) is 5.84. The molecule has 0 N–H and O–H groups in total. The van der Waals surface area contributed by atoms with E-state index in [1.165, 1.54) is 35.9 Å². The summed E-state index contributed by atoms with van der Waals surface area (Å²) >= 11 is 0. The number of amidine groups is 1. The number of ketones is 1. The van der Waals surface area contributed by atoms with Gasteiger partial charge in [-0.2, -0.15) is 4.31 Å². The molecule has 1 atom stereocenters. The molecule has 1 aromatic heterocycles. The molecule has 0 saturated carbocycles. The molecule has 3 aliphatic rings. The molecule has 0 bridgehead atoms. The third kappa shape index (κ3) is 4.26. The van der Waals surface area contributed by atoms with Gasteiger partial charge in [-0.1, -0.05) is 13.8 Å². The molecule has 1 fully saturated rings. The van der Waals surface area contributed by atoms with Crippen molar-refractivity contribution in [3.63, 3.8) is 0 Å². The quantitative estimate of drug-likeness (QED) is 0.542. The van der Waals surface area contributed by atoms with Crippen molar-refractivity contribution in [2.75, 3.05) is 38.3 Å². The van der Waals surface area contributed by atoms with E-state index in [0.717, 1.165) is 0 Å². The van der Waals surface area contributed by atoms with Crippen LogP contribution in [-0.4, -0.2) is 74.7 Å². The van der Waals surface area contributed by atoms with Gasteiger partial charge in [-0.05, 0) is 37.1 Å². The SMILES string of the molecule is COC(=O)c1cncc(OC[C@@H]2CCCN2S(=O)(=O)c2ccc3c(c2)C(=O)C2=NCC(C)(C)CN23)c1. The highest BCUT2D eigenvalue weighted by atomic mass is 32.2. The lowest BCUT2D eigenvalue weighted by Gasteiger charge is -2.34. The minimum absolute atomic E-state index is 0.0786. The van der Waals surface area contributed by atoms with Crippen LogP contribution in [0.1, 0.15) is 47.4 Å². The summed E-state index contributed by atoms with van der Waals surface area (Å²) in [6, 6.07) is 5.86. The molecule has 10 nitrogen and oxygen atoms in total. The van der Waals surface area contributed by atoms with Crippen LogP contribution >= 0.6 is 0 Å². The molecule has 2 aromatic rings. The van der Waals surface area contributed by atoms with Gasteiger partial charge in [0.05, 0.1) is 41.1 Å². The number of fused-ring (bicyclic) bond motifs is 3. The molecular weight excluding hydrogens is 484 g/mol. The summed E-state index contributed by atoms with van der Waals surface area (Å²) in [5.74, 6) is -0.0357. The second kappa shape index (κ2) is 8.97. The number of methoxy groups -OCH3 is 1. The predicted molar refractivity (Wildman–Crippen MR) is 132 cm³/mol. The Balaban J connectivity index is 1.36. The third-order valence-corrected chi connectivity index (χ3v) is 8.66. The smallest absolute Gasteiger partial charge is 0.339 e. The first-order valence-corrected chi connectivity index (χ1v) is 13.2. The number of benzene rings is 1. The van der Waals surface area contributed by atoms with Crippen LogP contribution in [0.25, 0.3) is 0 Å². The fourth-order valence-electron chi connectivity index (χ4n) is 4.88. The van der Waals surface area contributed by atoms with Gasteiger partial charge in [-0.3, -0.25) is 14.8 Å². The van der Waals surface area contributed by atoms with E-state index >= 15 is 0 Å². The Morgan fingerprint density at radius 1 is 1.22 bits per heavy atom. The van der Waals surface area contributed by atoms with Gasteiger partial charge >= 0.3 is 5.97 Å². The number of anilines is 1. The van der Waals surface area contributed by atoms with Crippen molar-refractivity contribution in [2.45, 2.75) is 37.6 Å². The molecule has 11 heteroatoms. The fraction of sp³-hybridized carbons (Fsp3) is 0.440. The maximum absolute atomic E-state index is 13.6. The highest BCUT2D eigenvalue weighted by molar-refractivity contribution is 7.89. The Kier molecular flexibility index (Phi) is 6.08. The van der Waals surface area contributed by atoms with Crippen LogP contribution in [-0.2, 0) is 14.8 Å². The van der Waals surface area contributed by atoms with Crippen LogP contribution in [0.4, 0.5) is 5.69 Å². The zero-order valence-corrected chi connectivity index (χ0v) is 21.2. The van der Waals surface area contributed by atoms with Crippen molar-refractivity contribution in [3.8, 4) is 5.75 Å². The van der Waals surface area contributed by atoms with E-state index < -0.39 is 22.0 Å². The van der Waals surface area contributed by atoms with E-state index in [4.69, 9.17) is 9.47 Å². The molecule has 0 aliphatic carbocycles. The van der Waals surface area contributed by atoms with Gasteiger partial charge in [0.15, 0.2) is 5.84 Å². The number of aliphatic imine (C=N–C) groups is 1. The Morgan fingerprint density at radius 3 is 2.81 bits per heavy atom. The second-order valence-electron chi connectivity index (χ2n) is 10.0. The fourth-order valence-corrected chi connectivity index (χ4v) is 6.59. The first-order valence-electron chi connectivity index (χ1n) is 11.8. The summed E-state index contributed by atoms with van der Waals surface area (Å²) < 4.78 is 39.2. The van der Waals surface area contributed by atoms with Gasteiger partial charge < -0.3 is 14.4 Å². The highest BCUT2D eigenvalue weighted by Crippen LogP contribution is 2.38. The number of Topliss-reactive ketones (excluding diaryl/α,β-unsaturated/α-hetero) is 1. The number of carbonyl (C=O) groups excluding carboxylic acids is 2. The summed E-state index contributed by atoms with van der Waals surface area (Å²) in [5, 5.41) is 0. The molecule has 1 aromatic carbocycles. The van der Waals surface area contributed by atoms with Crippen LogP contribution in [0, 0.1) is 5.41 Å². The number of ether oxygens (including phenoxy) is 2. The number of hydrogen-bond acceptors (Lipinski definition) is 9. The predicted octanol–water partition coefficient (Wildman–Crippen LogP) is 2.54. The van der Waals surface area contributed by atoms with Gasteiger partial charge in [-0.15, -0.1) is 0 Å².